The zero-order chi connectivity index (χ0) is 21.1. The highest BCUT2D eigenvalue weighted by Crippen LogP contribution is 2.24. The van der Waals surface area contributed by atoms with Crippen molar-refractivity contribution in [1.82, 2.24) is 9.21 Å². The van der Waals surface area contributed by atoms with E-state index in [9.17, 15) is 13.2 Å². The normalized spacial score (nSPS) is 17.4. The van der Waals surface area contributed by atoms with Gasteiger partial charge < -0.3 is 9.64 Å². The molecule has 1 fully saturated rings. The summed E-state index contributed by atoms with van der Waals surface area (Å²) in [6.45, 7) is 3.80. The van der Waals surface area contributed by atoms with Crippen LogP contribution in [-0.2, 0) is 22.9 Å². The Labute approximate surface area is 178 Å². The fourth-order valence-corrected chi connectivity index (χ4v) is 5.63. The van der Waals surface area contributed by atoms with E-state index in [1.54, 1.807) is 29.2 Å². The standard InChI is InChI=1S/C23H28N2O4S/c1-2-29-21-9-11-22(12-10-21)30(27,28)25-15-13-24(14-16-25)23(26)20-8-7-18-5-3-4-6-19(18)17-20/h7-12,17H,2-6,13-16H2,1H3. The fourth-order valence-electron chi connectivity index (χ4n) is 4.20. The lowest BCUT2D eigenvalue weighted by molar-refractivity contribution is 0.0697. The smallest absolute Gasteiger partial charge is 0.253 e. The SMILES string of the molecule is CCOc1ccc(S(=O)(=O)N2CCN(C(=O)c3ccc4c(c3)CCCC4)CC2)cc1. The number of rotatable bonds is 5. The molecule has 30 heavy (non-hydrogen) atoms. The first-order valence-corrected chi connectivity index (χ1v) is 12.1. The highest BCUT2D eigenvalue weighted by atomic mass is 32.2. The Hall–Kier alpha value is -2.38. The zero-order valence-corrected chi connectivity index (χ0v) is 18.2. The van der Waals surface area contributed by atoms with Crippen LogP contribution in [0, 0.1) is 0 Å². The molecule has 7 heteroatoms. The van der Waals surface area contributed by atoms with E-state index in [4.69, 9.17) is 4.74 Å². The Kier molecular flexibility index (Phi) is 6.11. The summed E-state index contributed by atoms with van der Waals surface area (Å²) in [7, 11) is -3.58. The molecule has 1 aliphatic heterocycles. The Bertz CT molecular complexity index is 1010. The molecule has 4 rings (SSSR count). The minimum Gasteiger partial charge on any atom is -0.494 e. The molecule has 0 spiro atoms. The Morgan fingerprint density at radius 2 is 1.60 bits per heavy atom. The van der Waals surface area contributed by atoms with Crippen LogP contribution < -0.4 is 4.74 Å². The monoisotopic (exact) mass is 428 g/mol. The molecular formula is C23H28N2O4S. The highest BCUT2D eigenvalue weighted by molar-refractivity contribution is 7.89. The van der Waals surface area contributed by atoms with Crippen LogP contribution in [0.15, 0.2) is 47.4 Å². The van der Waals surface area contributed by atoms with Crippen molar-refractivity contribution in [1.29, 1.82) is 0 Å². The van der Waals surface area contributed by atoms with E-state index in [2.05, 4.69) is 6.07 Å². The zero-order valence-electron chi connectivity index (χ0n) is 17.3. The Balaban J connectivity index is 1.41. The summed E-state index contributed by atoms with van der Waals surface area (Å²) in [6.07, 6.45) is 4.51. The number of benzene rings is 2. The van der Waals surface area contributed by atoms with Crippen molar-refractivity contribution in [3.05, 3.63) is 59.2 Å². The topological polar surface area (TPSA) is 66.9 Å². The second-order valence-corrected chi connectivity index (χ2v) is 9.73. The van der Waals surface area contributed by atoms with E-state index < -0.39 is 10.0 Å². The van der Waals surface area contributed by atoms with Crippen molar-refractivity contribution in [3.63, 3.8) is 0 Å². The molecule has 0 aromatic heterocycles. The van der Waals surface area contributed by atoms with Gasteiger partial charge in [0.15, 0.2) is 0 Å². The van der Waals surface area contributed by atoms with Gasteiger partial charge in [-0.2, -0.15) is 4.31 Å². The van der Waals surface area contributed by atoms with E-state index in [-0.39, 0.29) is 10.8 Å². The number of sulfonamides is 1. The summed E-state index contributed by atoms with van der Waals surface area (Å²) < 4.78 is 32.7. The lowest BCUT2D eigenvalue weighted by atomic mass is 9.90. The lowest BCUT2D eigenvalue weighted by Crippen LogP contribution is -2.50. The number of fused-ring (bicyclic) bond motifs is 1. The van der Waals surface area contributed by atoms with Gasteiger partial charge in [0.2, 0.25) is 10.0 Å². The van der Waals surface area contributed by atoms with Gasteiger partial charge in [-0.1, -0.05) is 6.07 Å². The van der Waals surface area contributed by atoms with E-state index in [0.717, 1.165) is 12.8 Å². The van der Waals surface area contributed by atoms with Crippen LogP contribution in [0.4, 0.5) is 0 Å². The Morgan fingerprint density at radius 1 is 0.933 bits per heavy atom. The fraction of sp³-hybridized carbons (Fsp3) is 0.435. The second-order valence-electron chi connectivity index (χ2n) is 7.79. The maximum atomic E-state index is 13.0. The number of carbonyl (C=O) groups excluding carboxylic acids is 1. The molecule has 0 bridgehead atoms. The first kappa shape index (κ1) is 20.9. The predicted octanol–water partition coefficient (Wildman–Crippen LogP) is 3.11. The molecule has 1 heterocycles. The molecule has 0 unspecified atom stereocenters. The molecule has 2 aromatic carbocycles. The van der Waals surface area contributed by atoms with E-state index in [1.807, 2.05) is 19.1 Å². The van der Waals surface area contributed by atoms with Crippen LogP contribution in [0.25, 0.3) is 0 Å². The molecule has 2 aromatic rings. The van der Waals surface area contributed by atoms with Crippen molar-refractivity contribution in [3.8, 4) is 5.75 Å². The molecule has 160 valence electrons. The molecule has 6 nitrogen and oxygen atoms in total. The average Bonchev–Trinajstić information content (AvgIpc) is 2.79. The van der Waals surface area contributed by atoms with Gasteiger partial charge >= 0.3 is 0 Å². The van der Waals surface area contributed by atoms with E-state index in [1.165, 1.54) is 28.3 Å². The largest absolute Gasteiger partial charge is 0.494 e. The van der Waals surface area contributed by atoms with Crippen molar-refractivity contribution < 1.29 is 17.9 Å². The van der Waals surface area contributed by atoms with Gasteiger partial charge in [0.1, 0.15) is 5.75 Å². The number of amides is 1. The summed E-state index contributed by atoms with van der Waals surface area (Å²) in [5.41, 5.74) is 3.34. The van der Waals surface area contributed by atoms with Crippen LogP contribution in [-0.4, -0.2) is 56.3 Å². The van der Waals surface area contributed by atoms with Crippen LogP contribution >= 0.6 is 0 Å². The van der Waals surface area contributed by atoms with Gasteiger partial charge in [-0.05, 0) is 80.1 Å². The molecule has 0 saturated carbocycles. The third-order valence-corrected chi connectivity index (χ3v) is 7.81. The summed E-state index contributed by atoms with van der Waals surface area (Å²) in [5.74, 6) is 0.637. The second kappa shape index (κ2) is 8.78. The number of aryl methyl sites for hydroxylation is 2. The minimum atomic E-state index is -3.58. The number of nitrogens with zero attached hydrogens (tertiary/aromatic N) is 2. The van der Waals surface area contributed by atoms with Gasteiger partial charge in [0.25, 0.3) is 5.91 Å². The molecule has 0 radical (unpaired) electrons. The molecule has 1 aliphatic carbocycles. The van der Waals surface area contributed by atoms with E-state index >= 15 is 0 Å². The molecule has 2 aliphatic rings. The molecule has 0 N–H and O–H groups in total. The summed E-state index contributed by atoms with van der Waals surface area (Å²) in [6, 6.07) is 12.5. The average molecular weight is 429 g/mol. The van der Waals surface area contributed by atoms with Gasteiger partial charge in [0, 0.05) is 31.7 Å². The van der Waals surface area contributed by atoms with Crippen LogP contribution in [0.2, 0.25) is 0 Å². The van der Waals surface area contributed by atoms with Crippen molar-refractivity contribution in [2.45, 2.75) is 37.5 Å². The number of carbonyl (C=O) groups is 1. The quantitative estimate of drug-likeness (QED) is 0.734. The van der Waals surface area contributed by atoms with Crippen LogP contribution in [0.5, 0.6) is 5.75 Å². The lowest BCUT2D eigenvalue weighted by Gasteiger charge is -2.34. The van der Waals surface area contributed by atoms with Gasteiger partial charge in [-0.3, -0.25) is 4.79 Å². The number of ether oxygens (including phenoxy) is 1. The summed E-state index contributed by atoms with van der Waals surface area (Å²) in [5, 5.41) is 0. The van der Waals surface area contributed by atoms with Gasteiger partial charge in [-0.25, -0.2) is 8.42 Å². The van der Waals surface area contributed by atoms with Gasteiger partial charge in [0.05, 0.1) is 11.5 Å². The third-order valence-electron chi connectivity index (χ3n) is 5.89. The minimum absolute atomic E-state index is 0.0125. The number of piperazine rings is 1. The predicted molar refractivity (Wildman–Crippen MR) is 115 cm³/mol. The maximum Gasteiger partial charge on any atom is 0.253 e. The first-order valence-electron chi connectivity index (χ1n) is 10.6. The molecular weight excluding hydrogens is 400 g/mol. The first-order chi connectivity index (χ1) is 14.5. The molecule has 1 saturated heterocycles. The van der Waals surface area contributed by atoms with E-state index in [0.29, 0.717) is 44.1 Å². The van der Waals surface area contributed by atoms with Crippen LogP contribution in [0.1, 0.15) is 41.3 Å². The molecule has 0 atom stereocenters. The summed E-state index contributed by atoms with van der Waals surface area (Å²) in [4.78, 5) is 15.0. The Morgan fingerprint density at radius 3 is 2.27 bits per heavy atom. The summed E-state index contributed by atoms with van der Waals surface area (Å²) >= 11 is 0. The number of hydrogen-bond donors (Lipinski definition) is 0. The maximum absolute atomic E-state index is 13.0. The third kappa shape index (κ3) is 4.23. The van der Waals surface area contributed by atoms with Crippen LogP contribution in [0.3, 0.4) is 0 Å². The highest BCUT2D eigenvalue weighted by Gasteiger charge is 2.30. The number of hydrogen-bond acceptors (Lipinski definition) is 4. The van der Waals surface area contributed by atoms with Crippen molar-refractivity contribution >= 4 is 15.9 Å². The van der Waals surface area contributed by atoms with Crippen molar-refractivity contribution in [2.24, 2.45) is 0 Å². The molecule has 1 amide bonds. The van der Waals surface area contributed by atoms with Crippen molar-refractivity contribution in [2.75, 3.05) is 32.8 Å². The van der Waals surface area contributed by atoms with Gasteiger partial charge in [-0.15, -0.1) is 0 Å².